The third-order valence-corrected chi connectivity index (χ3v) is 7.46. The Morgan fingerprint density at radius 1 is 1.23 bits per heavy atom. The number of rotatable bonds is 0. The van der Waals surface area contributed by atoms with Crippen molar-refractivity contribution < 1.29 is 56.5 Å². The van der Waals surface area contributed by atoms with E-state index >= 15 is 0 Å². The van der Waals surface area contributed by atoms with Gasteiger partial charge in [0.15, 0.2) is 23.3 Å². The molecule has 4 aliphatic rings. The number of hydrogen-bond donors (Lipinski definition) is 2. The Morgan fingerprint density at radius 3 is 2.47 bits per heavy atom. The summed E-state index contributed by atoms with van der Waals surface area (Å²) in [4.78, 5) is 37.6. The molecule has 4 aliphatic heterocycles. The largest absolute Gasteiger partial charge is 0.509 e. The summed E-state index contributed by atoms with van der Waals surface area (Å²) in [5, 5.41) is 21.3. The van der Waals surface area contributed by atoms with E-state index in [1.165, 1.54) is 6.92 Å². The van der Waals surface area contributed by atoms with Gasteiger partial charge in [0.2, 0.25) is 0 Å². The number of esters is 2. The molecule has 4 rings (SSSR count). The van der Waals surface area contributed by atoms with Crippen LogP contribution >= 0.6 is 0 Å². The molecule has 8 atom stereocenters. The van der Waals surface area contributed by atoms with Gasteiger partial charge in [-0.2, -0.15) is 13.2 Å². The molecule has 2 N–H and O–H groups in total. The van der Waals surface area contributed by atoms with Crippen molar-refractivity contribution in [2.24, 2.45) is 5.92 Å². The van der Waals surface area contributed by atoms with Crippen LogP contribution in [0, 0.1) is 5.92 Å². The van der Waals surface area contributed by atoms with Crippen LogP contribution in [-0.2, 0) is 28.6 Å². The van der Waals surface area contributed by atoms with Crippen LogP contribution in [-0.4, -0.2) is 93.5 Å². The highest BCUT2D eigenvalue weighted by Crippen LogP contribution is 2.58. The zero-order valence-corrected chi connectivity index (χ0v) is 16.6. The number of epoxide rings is 1. The molecule has 168 valence electrons. The fourth-order valence-corrected chi connectivity index (χ4v) is 5.22. The standard InChI is InChI=1S/C18H23F3NO8/c1-8-12(23)29-9-4-5-22(13(24)18(19,20)21)6-10-17(30-10,11(9)22)7-28-14(25)16(3,27)15(8,2)26/h8-11,26-27H,4-7H2,1-3H3/q+1/t8-,9-,10-,11+,15+,16-,17-,22?/m1/s1. The van der Waals surface area contributed by atoms with Crippen molar-refractivity contribution in [1.29, 1.82) is 0 Å². The van der Waals surface area contributed by atoms with E-state index in [0.717, 1.165) is 13.8 Å². The van der Waals surface area contributed by atoms with Crippen LogP contribution in [0.25, 0.3) is 0 Å². The molecule has 0 radical (unpaired) electrons. The van der Waals surface area contributed by atoms with Crippen molar-refractivity contribution in [1.82, 2.24) is 0 Å². The maximum absolute atomic E-state index is 13.4. The molecule has 0 aromatic heterocycles. The number of cyclic esters (lactones) is 1. The number of alkyl halides is 3. The highest BCUT2D eigenvalue weighted by Gasteiger charge is 2.84. The first-order chi connectivity index (χ1) is 13.6. The maximum Gasteiger partial charge on any atom is 0.509 e. The lowest BCUT2D eigenvalue weighted by Gasteiger charge is -2.39. The first-order valence-corrected chi connectivity index (χ1v) is 9.60. The fourth-order valence-electron chi connectivity index (χ4n) is 5.22. The van der Waals surface area contributed by atoms with Gasteiger partial charge >= 0.3 is 24.0 Å². The minimum absolute atomic E-state index is 0.0325. The summed E-state index contributed by atoms with van der Waals surface area (Å²) in [7, 11) is 0. The van der Waals surface area contributed by atoms with Crippen LogP contribution in [0.1, 0.15) is 27.2 Å². The first-order valence-electron chi connectivity index (χ1n) is 9.60. The summed E-state index contributed by atoms with van der Waals surface area (Å²) in [5.74, 6) is -5.67. The average Bonchev–Trinajstić information content (AvgIpc) is 3.06. The summed E-state index contributed by atoms with van der Waals surface area (Å²) in [6.45, 7) is 2.23. The predicted molar refractivity (Wildman–Crippen MR) is 88.3 cm³/mol. The van der Waals surface area contributed by atoms with Crippen LogP contribution in [0.3, 0.4) is 0 Å². The van der Waals surface area contributed by atoms with Crippen LogP contribution in [0.15, 0.2) is 0 Å². The number of nitrogens with zero attached hydrogens (tertiary/aromatic N) is 1. The van der Waals surface area contributed by atoms with Crippen molar-refractivity contribution in [3.8, 4) is 0 Å². The van der Waals surface area contributed by atoms with Gasteiger partial charge in [-0.15, -0.1) is 0 Å². The summed E-state index contributed by atoms with van der Waals surface area (Å²) < 4.78 is 55.3. The Labute approximate surface area is 169 Å². The van der Waals surface area contributed by atoms with Crippen molar-refractivity contribution >= 4 is 17.8 Å². The predicted octanol–water partition coefficient (Wildman–Crippen LogP) is -0.578. The molecule has 4 saturated heterocycles. The quantitative estimate of drug-likeness (QED) is 0.293. The summed E-state index contributed by atoms with van der Waals surface area (Å²) in [5.41, 5.74) is -6.25. The molecular formula is C18H23F3NO8+. The van der Waals surface area contributed by atoms with E-state index < -0.39 is 76.1 Å². The van der Waals surface area contributed by atoms with E-state index in [0.29, 0.717) is 0 Å². The zero-order chi connectivity index (χ0) is 22.5. The van der Waals surface area contributed by atoms with E-state index in [1.807, 2.05) is 0 Å². The van der Waals surface area contributed by atoms with Crippen molar-refractivity contribution in [3.05, 3.63) is 0 Å². The molecule has 4 fully saturated rings. The minimum Gasteiger partial charge on any atom is -0.460 e. The van der Waals surface area contributed by atoms with Gasteiger partial charge in [-0.1, -0.05) is 0 Å². The molecule has 1 amide bonds. The molecule has 0 aromatic rings. The van der Waals surface area contributed by atoms with Gasteiger partial charge in [-0.05, 0) is 20.8 Å². The Balaban J connectivity index is 1.77. The lowest BCUT2D eigenvalue weighted by molar-refractivity contribution is -0.869. The number of carbonyl (C=O) groups is 3. The summed E-state index contributed by atoms with van der Waals surface area (Å²) in [6.07, 6.45) is -7.06. The van der Waals surface area contributed by atoms with Crippen LogP contribution in [0.2, 0.25) is 0 Å². The van der Waals surface area contributed by atoms with Crippen LogP contribution in [0.5, 0.6) is 0 Å². The van der Waals surface area contributed by atoms with Gasteiger partial charge in [0.25, 0.3) is 0 Å². The summed E-state index contributed by atoms with van der Waals surface area (Å²) >= 11 is 0. The number of amides is 1. The van der Waals surface area contributed by atoms with Gasteiger partial charge in [0, 0.05) is 6.42 Å². The minimum atomic E-state index is -5.11. The first kappa shape index (κ1) is 21.5. The molecule has 1 unspecified atom stereocenters. The molecule has 0 bridgehead atoms. The lowest BCUT2D eigenvalue weighted by atomic mass is 9.76. The van der Waals surface area contributed by atoms with Crippen LogP contribution in [0.4, 0.5) is 13.2 Å². The third kappa shape index (κ3) is 2.53. The number of halogens is 3. The Hall–Kier alpha value is -1.76. The molecular weight excluding hydrogens is 415 g/mol. The van der Waals surface area contributed by atoms with E-state index in [2.05, 4.69) is 0 Å². The lowest BCUT2D eigenvalue weighted by Crippen LogP contribution is -2.64. The molecule has 9 nitrogen and oxygen atoms in total. The molecule has 0 aromatic carbocycles. The molecule has 0 saturated carbocycles. The van der Waals surface area contributed by atoms with Gasteiger partial charge in [0.05, 0.1) is 12.5 Å². The molecule has 0 aliphatic carbocycles. The summed E-state index contributed by atoms with van der Waals surface area (Å²) in [6, 6.07) is -1.21. The normalized spacial score (nSPS) is 50.7. The Morgan fingerprint density at radius 2 is 1.87 bits per heavy atom. The van der Waals surface area contributed by atoms with E-state index in [9.17, 15) is 37.8 Å². The maximum atomic E-state index is 13.4. The Kier molecular flexibility index (Phi) is 4.24. The SMILES string of the molecule is C[C@@H]1C(=O)O[C@@H]2CC[N+]3(C(=O)C(F)(F)F)C[C@H]4O[C@@]4(COC(=O)[C@@](C)(O)[C@@]1(C)O)[C@H]23. The topological polar surface area (TPSA) is 123 Å². The van der Waals surface area contributed by atoms with Gasteiger partial charge < -0.3 is 24.4 Å². The van der Waals surface area contributed by atoms with Crippen LogP contribution < -0.4 is 0 Å². The number of hydrogen-bond acceptors (Lipinski definition) is 8. The molecule has 1 spiro atoms. The zero-order valence-electron chi connectivity index (χ0n) is 16.6. The molecule has 4 heterocycles. The van der Waals surface area contributed by atoms with Crippen molar-refractivity contribution in [3.63, 3.8) is 0 Å². The van der Waals surface area contributed by atoms with E-state index in [1.54, 1.807) is 0 Å². The monoisotopic (exact) mass is 438 g/mol. The van der Waals surface area contributed by atoms with Crippen molar-refractivity contribution in [2.75, 3.05) is 19.7 Å². The van der Waals surface area contributed by atoms with Crippen molar-refractivity contribution in [2.45, 2.75) is 68.4 Å². The van der Waals surface area contributed by atoms with E-state index in [4.69, 9.17) is 14.2 Å². The fraction of sp³-hybridized carbons (Fsp3) is 0.833. The number of ether oxygens (including phenoxy) is 3. The smallest absolute Gasteiger partial charge is 0.460 e. The highest BCUT2D eigenvalue weighted by atomic mass is 19.4. The molecule has 30 heavy (non-hydrogen) atoms. The second kappa shape index (κ2) is 5.93. The Bertz CT molecular complexity index is 827. The third-order valence-electron chi connectivity index (χ3n) is 7.46. The van der Waals surface area contributed by atoms with E-state index in [-0.39, 0.29) is 19.5 Å². The number of carbonyl (C=O) groups excluding carboxylic acids is 3. The second-order valence-corrected chi connectivity index (χ2v) is 9.03. The number of morpholine rings is 1. The van der Waals surface area contributed by atoms with Gasteiger partial charge in [-0.25, -0.2) is 14.1 Å². The van der Waals surface area contributed by atoms with Gasteiger partial charge in [0.1, 0.15) is 24.9 Å². The number of aliphatic hydroxyl groups is 2. The number of quaternary nitrogens is 1. The van der Waals surface area contributed by atoms with Gasteiger partial charge in [-0.3, -0.25) is 4.79 Å². The average molecular weight is 438 g/mol. The second-order valence-electron chi connectivity index (χ2n) is 9.03. The molecule has 12 heteroatoms. The highest BCUT2D eigenvalue weighted by molar-refractivity contribution is 5.83.